The number of benzene rings is 1. The third-order valence-corrected chi connectivity index (χ3v) is 2.24. The van der Waals surface area contributed by atoms with Crippen LogP contribution < -0.4 is 0 Å². The van der Waals surface area contributed by atoms with Gasteiger partial charge in [0, 0.05) is 6.42 Å². The third kappa shape index (κ3) is 1.47. The molecule has 0 aliphatic carbocycles. The molecule has 3 heteroatoms. The van der Waals surface area contributed by atoms with Crippen molar-refractivity contribution in [2.75, 3.05) is 0 Å². The first-order valence-electron chi connectivity index (χ1n) is 4.24. The SMILES string of the molecule is CCc1nc([S-])c2ccccc2n1. The predicted octanol–water partition coefficient (Wildman–Crippen LogP) is 2.10. The molecule has 2 aromatic rings. The zero-order valence-electron chi connectivity index (χ0n) is 7.32. The minimum Gasteiger partial charge on any atom is -0.759 e. The molecule has 66 valence electrons. The van der Waals surface area contributed by atoms with Gasteiger partial charge in [-0.2, -0.15) is 0 Å². The highest BCUT2D eigenvalue weighted by molar-refractivity contribution is 7.59. The van der Waals surface area contributed by atoms with E-state index in [1.165, 1.54) is 0 Å². The lowest BCUT2D eigenvalue weighted by atomic mass is 10.2. The zero-order valence-corrected chi connectivity index (χ0v) is 8.14. The van der Waals surface area contributed by atoms with Gasteiger partial charge >= 0.3 is 0 Å². The molecule has 0 N–H and O–H groups in total. The minimum atomic E-state index is 0.655. The van der Waals surface area contributed by atoms with Crippen molar-refractivity contribution in [2.24, 2.45) is 0 Å². The zero-order chi connectivity index (χ0) is 9.26. The van der Waals surface area contributed by atoms with Crippen LogP contribution in [0.5, 0.6) is 0 Å². The number of hydrogen-bond acceptors (Lipinski definition) is 3. The summed E-state index contributed by atoms with van der Waals surface area (Å²) in [5, 5.41) is 1.62. The topological polar surface area (TPSA) is 25.8 Å². The normalized spacial score (nSPS) is 10.5. The smallest absolute Gasteiger partial charge is 0.126 e. The number of aryl methyl sites for hydroxylation is 1. The highest BCUT2D eigenvalue weighted by Crippen LogP contribution is 2.14. The number of hydrogen-bond donors (Lipinski definition) is 0. The second-order valence-electron chi connectivity index (χ2n) is 2.82. The van der Waals surface area contributed by atoms with Crippen molar-refractivity contribution in [3.05, 3.63) is 30.1 Å². The van der Waals surface area contributed by atoms with Crippen LogP contribution in [-0.4, -0.2) is 9.97 Å². The van der Waals surface area contributed by atoms with Crippen LogP contribution >= 0.6 is 0 Å². The van der Waals surface area contributed by atoms with Gasteiger partial charge in [0.05, 0.1) is 5.52 Å². The number of rotatable bonds is 1. The van der Waals surface area contributed by atoms with Crippen molar-refractivity contribution in [1.82, 2.24) is 9.97 Å². The highest BCUT2D eigenvalue weighted by Gasteiger charge is 1.97. The van der Waals surface area contributed by atoms with Gasteiger partial charge < -0.3 is 12.6 Å². The Balaban J connectivity index is 2.77. The fourth-order valence-corrected chi connectivity index (χ4v) is 1.53. The molecule has 0 fully saturated rings. The molecule has 0 bridgehead atoms. The summed E-state index contributed by atoms with van der Waals surface area (Å²) in [6.45, 7) is 2.03. The molecule has 2 rings (SSSR count). The fourth-order valence-electron chi connectivity index (χ4n) is 1.25. The molecule has 0 saturated heterocycles. The summed E-state index contributed by atoms with van der Waals surface area (Å²) in [6, 6.07) is 7.83. The fraction of sp³-hybridized carbons (Fsp3) is 0.200. The van der Waals surface area contributed by atoms with Gasteiger partial charge in [-0.05, 0) is 11.5 Å². The van der Waals surface area contributed by atoms with Crippen LogP contribution in [0, 0.1) is 0 Å². The monoisotopic (exact) mass is 189 g/mol. The van der Waals surface area contributed by atoms with Gasteiger partial charge in [0.1, 0.15) is 5.82 Å². The highest BCUT2D eigenvalue weighted by atomic mass is 32.1. The van der Waals surface area contributed by atoms with Crippen molar-refractivity contribution < 1.29 is 0 Å². The van der Waals surface area contributed by atoms with Crippen LogP contribution in [-0.2, 0) is 19.0 Å². The summed E-state index contributed by atoms with van der Waals surface area (Å²) in [7, 11) is 0. The Kier molecular flexibility index (Phi) is 2.10. The molecule has 0 radical (unpaired) electrons. The maximum absolute atomic E-state index is 5.16. The van der Waals surface area contributed by atoms with Gasteiger partial charge in [-0.15, -0.1) is 0 Å². The van der Waals surface area contributed by atoms with Crippen molar-refractivity contribution >= 4 is 23.5 Å². The summed E-state index contributed by atoms with van der Waals surface area (Å²) in [6.07, 6.45) is 0.828. The summed E-state index contributed by atoms with van der Waals surface area (Å²) in [5.41, 5.74) is 0.944. The molecule has 0 saturated carbocycles. The summed E-state index contributed by atoms with van der Waals surface area (Å²) < 4.78 is 0. The van der Waals surface area contributed by atoms with Gasteiger partial charge in [-0.25, -0.2) is 4.98 Å². The van der Waals surface area contributed by atoms with E-state index in [4.69, 9.17) is 12.6 Å². The Morgan fingerprint density at radius 3 is 2.77 bits per heavy atom. The standard InChI is InChI=1S/C10H10N2S/c1-2-9-11-8-6-4-3-5-7(8)10(13)12-9/h3-6H,2H2,1H3,(H,11,12,13)/p-1. The van der Waals surface area contributed by atoms with E-state index < -0.39 is 0 Å². The van der Waals surface area contributed by atoms with E-state index >= 15 is 0 Å². The lowest BCUT2D eigenvalue weighted by Crippen LogP contribution is -1.95. The van der Waals surface area contributed by atoms with Crippen LogP contribution in [0.2, 0.25) is 0 Å². The first kappa shape index (κ1) is 8.38. The Labute approximate surface area is 82.4 Å². The van der Waals surface area contributed by atoms with Crippen molar-refractivity contribution in [3.63, 3.8) is 0 Å². The van der Waals surface area contributed by atoms with E-state index in [1.54, 1.807) is 0 Å². The van der Waals surface area contributed by atoms with Gasteiger partial charge in [0.25, 0.3) is 0 Å². The molecule has 0 amide bonds. The van der Waals surface area contributed by atoms with E-state index in [9.17, 15) is 0 Å². The molecule has 0 unspecified atom stereocenters. The van der Waals surface area contributed by atoms with Gasteiger partial charge in [0.15, 0.2) is 0 Å². The first-order valence-corrected chi connectivity index (χ1v) is 4.64. The van der Waals surface area contributed by atoms with Crippen LogP contribution in [0.15, 0.2) is 29.3 Å². The summed E-state index contributed by atoms with van der Waals surface area (Å²) in [4.78, 5) is 8.60. The Hall–Kier alpha value is -1.22. The number of para-hydroxylation sites is 1. The number of fused-ring (bicyclic) bond motifs is 1. The van der Waals surface area contributed by atoms with Crippen LogP contribution in [0.25, 0.3) is 10.9 Å². The van der Waals surface area contributed by atoms with Crippen LogP contribution in [0.1, 0.15) is 12.7 Å². The van der Waals surface area contributed by atoms with Gasteiger partial charge in [-0.3, -0.25) is 4.98 Å². The molecule has 0 atom stereocenters. The molecule has 0 aliphatic rings. The largest absolute Gasteiger partial charge is 0.759 e. The molecular formula is C10H9N2S-. The maximum Gasteiger partial charge on any atom is 0.126 e. The quantitative estimate of drug-likeness (QED) is 0.507. The molecule has 0 aliphatic heterocycles. The summed E-state index contributed by atoms with van der Waals surface area (Å²) >= 11 is 5.16. The molecule has 1 aromatic carbocycles. The van der Waals surface area contributed by atoms with E-state index in [0.29, 0.717) is 5.03 Å². The van der Waals surface area contributed by atoms with Crippen molar-refractivity contribution in [3.8, 4) is 0 Å². The van der Waals surface area contributed by atoms with Gasteiger partial charge in [-0.1, -0.05) is 30.1 Å². The predicted molar refractivity (Wildman–Crippen MR) is 54.5 cm³/mol. The Morgan fingerprint density at radius 1 is 1.23 bits per heavy atom. The van der Waals surface area contributed by atoms with Crippen LogP contribution in [0.4, 0.5) is 0 Å². The third-order valence-electron chi connectivity index (χ3n) is 1.93. The van der Waals surface area contributed by atoms with E-state index in [1.807, 2.05) is 31.2 Å². The minimum absolute atomic E-state index is 0.655. The molecule has 1 heterocycles. The first-order chi connectivity index (χ1) is 6.31. The molecular weight excluding hydrogens is 180 g/mol. The lowest BCUT2D eigenvalue weighted by molar-refractivity contribution is 0.918. The number of nitrogens with zero attached hydrogens (tertiary/aromatic N) is 2. The van der Waals surface area contributed by atoms with Crippen LogP contribution in [0.3, 0.4) is 0 Å². The number of aromatic nitrogens is 2. The lowest BCUT2D eigenvalue weighted by Gasteiger charge is -2.10. The maximum atomic E-state index is 5.16. The van der Waals surface area contributed by atoms with E-state index in [2.05, 4.69) is 9.97 Å². The van der Waals surface area contributed by atoms with Crippen molar-refractivity contribution in [1.29, 1.82) is 0 Å². The van der Waals surface area contributed by atoms with Crippen molar-refractivity contribution in [2.45, 2.75) is 18.4 Å². The average molecular weight is 189 g/mol. The van der Waals surface area contributed by atoms with Gasteiger partial charge in [0.2, 0.25) is 0 Å². The second kappa shape index (κ2) is 3.26. The molecule has 13 heavy (non-hydrogen) atoms. The Bertz CT molecular complexity index is 440. The second-order valence-corrected chi connectivity index (χ2v) is 3.20. The molecule has 0 spiro atoms. The molecule has 1 aromatic heterocycles. The van der Waals surface area contributed by atoms with E-state index in [-0.39, 0.29) is 0 Å². The average Bonchev–Trinajstić information content (AvgIpc) is 2.18. The Morgan fingerprint density at radius 2 is 2.00 bits per heavy atom. The van der Waals surface area contributed by atoms with E-state index in [0.717, 1.165) is 23.1 Å². The molecule has 2 nitrogen and oxygen atoms in total. The summed E-state index contributed by atoms with van der Waals surface area (Å²) in [5.74, 6) is 0.823.